The van der Waals surface area contributed by atoms with E-state index in [1.54, 1.807) is 12.3 Å². The molecule has 1 fully saturated rings. The van der Waals surface area contributed by atoms with Gasteiger partial charge in [0.2, 0.25) is 11.8 Å². The Morgan fingerprint density at radius 2 is 1.97 bits per heavy atom. The second-order valence-electron chi connectivity index (χ2n) is 8.45. The van der Waals surface area contributed by atoms with Gasteiger partial charge in [0, 0.05) is 36.5 Å². The van der Waals surface area contributed by atoms with Crippen molar-refractivity contribution in [1.82, 2.24) is 20.2 Å². The van der Waals surface area contributed by atoms with Gasteiger partial charge in [0.05, 0.1) is 11.9 Å². The van der Waals surface area contributed by atoms with E-state index in [0.717, 1.165) is 22.0 Å². The fourth-order valence-electron chi connectivity index (χ4n) is 4.43. The predicted octanol–water partition coefficient (Wildman–Crippen LogP) is 2.14. The van der Waals surface area contributed by atoms with Crippen LogP contribution in [0.25, 0.3) is 10.9 Å². The minimum Gasteiger partial charge on any atom is -0.322 e. The Bertz CT molecular complexity index is 1300. The van der Waals surface area contributed by atoms with Gasteiger partial charge in [0.15, 0.2) is 0 Å². The van der Waals surface area contributed by atoms with Crippen LogP contribution in [0.2, 0.25) is 0 Å². The number of amides is 3. The number of nitrogens with one attached hydrogen (secondary N) is 1. The van der Waals surface area contributed by atoms with Gasteiger partial charge in [0.1, 0.15) is 17.6 Å². The van der Waals surface area contributed by atoms with Gasteiger partial charge in [-0.3, -0.25) is 24.5 Å². The molecule has 1 atom stereocenters. The Hall–Kier alpha value is -3.94. The second-order valence-corrected chi connectivity index (χ2v) is 8.45. The van der Waals surface area contributed by atoms with Crippen molar-refractivity contribution in [2.24, 2.45) is 0 Å². The van der Waals surface area contributed by atoms with Gasteiger partial charge in [-0.1, -0.05) is 30.3 Å². The maximum Gasteiger partial charge on any atom is 0.255 e. The maximum absolute atomic E-state index is 12.8. The van der Waals surface area contributed by atoms with Crippen LogP contribution in [-0.2, 0) is 33.8 Å². The zero-order valence-corrected chi connectivity index (χ0v) is 17.9. The highest BCUT2D eigenvalue weighted by Gasteiger charge is 2.39. The molecule has 3 aromatic rings. The Morgan fingerprint density at radius 3 is 2.82 bits per heavy atom. The number of rotatable bonds is 6. The number of nitrogens with zero attached hydrogens (tertiary/aromatic N) is 3. The van der Waals surface area contributed by atoms with Crippen molar-refractivity contribution in [3.63, 3.8) is 0 Å². The summed E-state index contributed by atoms with van der Waals surface area (Å²) in [6.45, 7) is 0.327. The molecule has 1 saturated heterocycles. The van der Waals surface area contributed by atoms with E-state index in [9.17, 15) is 19.2 Å². The zero-order chi connectivity index (χ0) is 22.9. The van der Waals surface area contributed by atoms with Crippen molar-refractivity contribution in [3.05, 3.63) is 71.2 Å². The first-order chi connectivity index (χ1) is 16.0. The van der Waals surface area contributed by atoms with Gasteiger partial charge in [-0.2, -0.15) is 0 Å². The molecule has 8 nitrogen and oxygen atoms in total. The Morgan fingerprint density at radius 1 is 1.12 bits per heavy atom. The summed E-state index contributed by atoms with van der Waals surface area (Å²) >= 11 is 0. The third-order valence-electron chi connectivity index (χ3n) is 6.17. The Labute approximate surface area is 190 Å². The first kappa shape index (κ1) is 20.9. The van der Waals surface area contributed by atoms with Crippen LogP contribution in [0.3, 0.4) is 0 Å². The highest BCUT2D eigenvalue weighted by Crippen LogP contribution is 2.28. The highest BCUT2D eigenvalue weighted by molar-refractivity contribution is 6.05. The van der Waals surface area contributed by atoms with E-state index in [1.165, 1.54) is 4.90 Å². The van der Waals surface area contributed by atoms with Crippen molar-refractivity contribution >= 4 is 34.4 Å². The second kappa shape index (κ2) is 8.54. The SMILES string of the molecule is O=C(CCc1ccc2c(c1)CN(C1CCC(=O)NC1=O)C2=O)Cc1ncc2ccccc2n1. The summed E-state index contributed by atoms with van der Waals surface area (Å²) in [6, 6.07) is 12.6. The molecule has 33 heavy (non-hydrogen) atoms. The van der Waals surface area contributed by atoms with Crippen LogP contribution in [-0.4, -0.2) is 44.4 Å². The van der Waals surface area contributed by atoms with Crippen molar-refractivity contribution in [2.45, 2.75) is 44.7 Å². The molecule has 0 spiro atoms. The number of carbonyl (C=O) groups is 4. The van der Waals surface area contributed by atoms with Gasteiger partial charge in [0.25, 0.3) is 5.91 Å². The molecule has 1 unspecified atom stereocenters. The fourth-order valence-corrected chi connectivity index (χ4v) is 4.43. The zero-order valence-electron chi connectivity index (χ0n) is 17.9. The molecule has 0 radical (unpaired) electrons. The van der Waals surface area contributed by atoms with E-state index in [-0.39, 0.29) is 30.4 Å². The lowest BCUT2D eigenvalue weighted by Gasteiger charge is -2.29. The summed E-state index contributed by atoms with van der Waals surface area (Å²) in [6.07, 6.45) is 3.37. The molecule has 2 aliphatic heterocycles. The predicted molar refractivity (Wildman–Crippen MR) is 119 cm³/mol. The standard InChI is InChI=1S/C25H22N4O4/c30-18(12-22-26-13-16-3-1-2-4-20(16)27-22)7-5-15-6-8-19-17(11-15)14-29(25(19)33)21-9-10-23(31)28-24(21)32/h1-4,6,8,11,13,21H,5,7,9-10,12,14H2,(H,28,31,32). The van der Waals surface area contributed by atoms with Gasteiger partial charge in [-0.05, 0) is 36.1 Å². The maximum atomic E-state index is 12.8. The molecule has 1 aromatic heterocycles. The van der Waals surface area contributed by atoms with Gasteiger partial charge < -0.3 is 4.90 Å². The lowest BCUT2D eigenvalue weighted by Crippen LogP contribution is -2.52. The summed E-state index contributed by atoms with van der Waals surface area (Å²) in [5, 5.41) is 3.25. The fraction of sp³-hybridized carbons (Fsp3) is 0.280. The number of piperidine rings is 1. The van der Waals surface area contributed by atoms with Gasteiger partial charge >= 0.3 is 0 Å². The minimum atomic E-state index is -0.630. The van der Waals surface area contributed by atoms with Crippen LogP contribution in [0.4, 0.5) is 0 Å². The molecular formula is C25H22N4O4. The van der Waals surface area contributed by atoms with Gasteiger partial charge in [-0.25, -0.2) is 9.97 Å². The minimum absolute atomic E-state index is 0.0482. The van der Waals surface area contributed by atoms with E-state index >= 15 is 0 Å². The summed E-state index contributed by atoms with van der Waals surface area (Å²) in [7, 11) is 0. The molecule has 8 heteroatoms. The highest BCUT2D eigenvalue weighted by atomic mass is 16.2. The molecule has 3 amide bonds. The molecule has 3 heterocycles. The van der Waals surface area contributed by atoms with E-state index in [0.29, 0.717) is 37.2 Å². The monoisotopic (exact) mass is 442 g/mol. The van der Waals surface area contributed by atoms with Crippen LogP contribution in [0.15, 0.2) is 48.7 Å². The molecule has 166 valence electrons. The summed E-state index contributed by atoms with van der Waals surface area (Å²) < 4.78 is 0. The van der Waals surface area contributed by atoms with Gasteiger partial charge in [-0.15, -0.1) is 0 Å². The van der Waals surface area contributed by atoms with Crippen LogP contribution >= 0.6 is 0 Å². The molecule has 0 saturated carbocycles. The van der Waals surface area contributed by atoms with Crippen LogP contribution in [0, 0.1) is 0 Å². The molecule has 0 bridgehead atoms. The van der Waals surface area contributed by atoms with E-state index in [1.807, 2.05) is 36.4 Å². The first-order valence-corrected chi connectivity index (χ1v) is 11.0. The molecule has 0 aliphatic carbocycles. The number of para-hydroxylation sites is 1. The average Bonchev–Trinajstić information content (AvgIpc) is 3.13. The lowest BCUT2D eigenvalue weighted by atomic mass is 10.0. The average molecular weight is 442 g/mol. The normalized spacial score (nSPS) is 17.9. The van der Waals surface area contributed by atoms with Crippen molar-refractivity contribution in [2.75, 3.05) is 0 Å². The number of imide groups is 1. The van der Waals surface area contributed by atoms with Crippen molar-refractivity contribution in [1.29, 1.82) is 0 Å². The summed E-state index contributed by atoms with van der Waals surface area (Å²) in [5.41, 5.74) is 3.19. The molecule has 5 rings (SSSR count). The van der Waals surface area contributed by atoms with Crippen LogP contribution in [0.5, 0.6) is 0 Å². The quantitative estimate of drug-likeness (QED) is 0.586. The lowest BCUT2D eigenvalue weighted by molar-refractivity contribution is -0.137. The van der Waals surface area contributed by atoms with E-state index < -0.39 is 11.9 Å². The largest absolute Gasteiger partial charge is 0.322 e. The number of benzene rings is 2. The van der Waals surface area contributed by atoms with Crippen LogP contribution in [0.1, 0.15) is 46.6 Å². The number of hydrogen-bond acceptors (Lipinski definition) is 6. The number of carbonyl (C=O) groups excluding carboxylic acids is 4. The number of fused-ring (bicyclic) bond motifs is 2. The smallest absolute Gasteiger partial charge is 0.255 e. The number of hydrogen-bond donors (Lipinski definition) is 1. The number of ketones is 1. The third-order valence-corrected chi connectivity index (χ3v) is 6.17. The topological polar surface area (TPSA) is 109 Å². The van der Waals surface area contributed by atoms with E-state index in [4.69, 9.17) is 0 Å². The number of aromatic nitrogens is 2. The number of Topliss-reactive ketones (excluding diaryl/α,β-unsaturated/α-hetero) is 1. The third kappa shape index (κ3) is 4.24. The number of aryl methyl sites for hydroxylation is 1. The van der Waals surface area contributed by atoms with Crippen molar-refractivity contribution in [3.8, 4) is 0 Å². The molecule has 2 aliphatic rings. The summed E-state index contributed by atoms with van der Waals surface area (Å²) in [4.78, 5) is 59.2. The van der Waals surface area contributed by atoms with Crippen LogP contribution < -0.4 is 5.32 Å². The van der Waals surface area contributed by atoms with E-state index in [2.05, 4.69) is 15.3 Å². The molecule has 1 N–H and O–H groups in total. The van der Waals surface area contributed by atoms with Crippen molar-refractivity contribution < 1.29 is 19.2 Å². The Balaban J connectivity index is 1.21. The molecule has 2 aromatic carbocycles. The Kier molecular flexibility index (Phi) is 5.42. The first-order valence-electron chi connectivity index (χ1n) is 11.0. The summed E-state index contributed by atoms with van der Waals surface area (Å²) in [5.74, 6) is -0.365. The molecular weight excluding hydrogens is 420 g/mol.